The smallest absolute Gasteiger partial charge is 0.321 e. The van der Waals surface area contributed by atoms with Crippen LogP contribution in [0.5, 0.6) is 0 Å². The minimum atomic E-state index is -0.646. The zero-order valence-corrected chi connectivity index (χ0v) is 17.8. The van der Waals surface area contributed by atoms with Crippen LogP contribution in [0, 0.1) is 5.92 Å². The van der Waals surface area contributed by atoms with Crippen LogP contribution in [0.2, 0.25) is 0 Å². The number of aromatic nitrogens is 1. The zero-order valence-electron chi connectivity index (χ0n) is 17.0. The fraction of sp³-hybridized carbons (Fsp3) is 0.524. The summed E-state index contributed by atoms with van der Waals surface area (Å²) >= 11 is 1.61. The molecular weight excluding hydrogens is 390 g/mol. The van der Waals surface area contributed by atoms with Gasteiger partial charge >= 0.3 is 12.0 Å². The molecule has 1 heterocycles. The van der Waals surface area contributed by atoms with Gasteiger partial charge in [0, 0.05) is 11.5 Å². The van der Waals surface area contributed by atoms with Gasteiger partial charge < -0.3 is 10.1 Å². The highest BCUT2D eigenvalue weighted by Crippen LogP contribution is 2.41. The number of nitrogens with zero attached hydrogens (tertiary/aromatic N) is 1. The van der Waals surface area contributed by atoms with Gasteiger partial charge in [-0.3, -0.25) is 14.9 Å². The molecule has 3 amide bonds. The number of amides is 3. The van der Waals surface area contributed by atoms with Crippen molar-refractivity contribution >= 4 is 39.5 Å². The van der Waals surface area contributed by atoms with Crippen LogP contribution in [0.1, 0.15) is 57.4 Å². The van der Waals surface area contributed by atoms with E-state index in [1.54, 1.807) is 11.3 Å². The Bertz CT molecular complexity index is 870. The van der Waals surface area contributed by atoms with Crippen LogP contribution >= 0.6 is 11.3 Å². The number of fused-ring (bicyclic) bond motifs is 1. The van der Waals surface area contributed by atoms with Gasteiger partial charge in [-0.15, -0.1) is 11.3 Å². The lowest BCUT2D eigenvalue weighted by molar-refractivity contribution is -0.154. The summed E-state index contributed by atoms with van der Waals surface area (Å²) in [6.07, 6.45) is 3.57. The highest BCUT2D eigenvalue weighted by molar-refractivity contribution is 7.18. The van der Waals surface area contributed by atoms with Crippen LogP contribution in [0.4, 0.5) is 4.79 Å². The first-order chi connectivity index (χ1) is 13.7. The third-order valence-corrected chi connectivity index (χ3v) is 5.95. The van der Waals surface area contributed by atoms with E-state index in [1.807, 2.05) is 45.0 Å². The number of thiazole rings is 1. The third-order valence-electron chi connectivity index (χ3n) is 4.78. The molecule has 0 unspecified atom stereocenters. The maximum atomic E-state index is 12.7. The molecule has 1 aromatic carbocycles. The van der Waals surface area contributed by atoms with E-state index in [2.05, 4.69) is 10.6 Å². The van der Waals surface area contributed by atoms with Crippen LogP contribution in [-0.2, 0) is 14.3 Å². The topological polar surface area (TPSA) is 97.4 Å². The first-order valence-electron chi connectivity index (χ1n) is 9.87. The van der Waals surface area contributed by atoms with Crippen LogP contribution in [0.15, 0.2) is 24.3 Å². The maximum absolute atomic E-state index is 12.7. The number of para-hydroxylation sites is 1. The number of hydrogen-bond donors (Lipinski definition) is 2. The predicted molar refractivity (Wildman–Crippen MR) is 112 cm³/mol. The summed E-state index contributed by atoms with van der Waals surface area (Å²) < 4.78 is 6.35. The number of hydrogen-bond acceptors (Lipinski definition) is 6. The molecule has 8 heteroatoms. The quantitative estimate of drug-likeness (QED) is 0.739. The molecule has 2 N–H and O–H groups in total. The van der Waals surface area contributed by atoms with Gasteiger partial charge in [0.15, 0.2) is 6.61 Å². The van der Waals surface area contributed by atoms with E-state index in [0.717, 1.165) is 34.5 Å². The van der Waals surface area contributed by atoms with Crippen molar-refractivity contribution < 1.29 is 19.1 Å². The van der Waals surface area contributed by atoms with Crippen molar-refractivity contribution in [2.45, 2.75) is 57.9 Å². The number of ether oxygens (including phenoxy) is 1. The highest BCUT2D eigenvalue weighted by atomic mass is 32.1. The van der Waals surface area contributed by atoms with Crippen LogP contribution in [0.3, 0.4) is 0 Å². The maximum Gasteiger partial charge on any atom is 0.321 e. The summed E-state index contributed by atoms with van der Waals surface area (Å²) in [7, 11) is 0. The van der Waals surface area contributed by atoms with E-state index in [-0.39, 0.29) is 11.8 Å². The van der Waals surface area contributed by atoms with Crippen molar-refractivity contribution in [2.75, 3.05) is 6.61 Å². The van der Waals surface area contributed by atoms with E-state index in [9.17, 15) is 14.4 Å². The minimum absolute atomic E-state index is 0.000834. The number of carbonyl (C=O) groups is 3. The molecule has 0 saturated heterocycles. The predicted octanol–water partition coefficient (Wildman–Crippen LogP) is 3.74. The second-order valence-corrected chi connectivity index (χ2v) is 9.44. The minimum Gasteiger partial charge on any atom is -0.455 e. The molecule has 1 saturated carbocycles. The van der Waals surface area contributed by atoms with Crippen molar-refractivity contribution in [1.29, 1.82) is 0 Å². The Morgan fingerprint density at radius 2 is 1.90 bits per heavy atom. The largest absolute Gasteiger partial charge is 0.455 e. The van der Waals surface area contributed by atoms with Gasteiger partial charge in [0.1, 0.15) is 0 Å². The number of esters is 1. The van der Waals surface area contributed by atoms with Crippen molar-refractivity contribution in [2.24, 2.45) is 5.92 Å². The summed E-state index contributed by atoms with van der Waals surface area (Å²) in [5.41, 5.74) is 0.475. The molecule has 2 aromatic rings. The molecule has 0 aliphatic heterocycles. The number of benzene rings is 1. The molecule has 1 fully saturated rings. The van der Waals surface area contributed by atoms with Crippen molar-refractivity contribution in [3.63, 3.8) is 0 Å². The van der Waals surface area contributed by atoms with Gasteiger partial charge in [0.25, 0.3) is 5.91 Å². The standard InChI is InChI=1S/C21H27N3O4S/c1-21(2,3)24-20(27)23-17(25)12-28-19(26)14-9-5-4-8-13(14)18-22-15-10-6-7-11-16(15)29-18/h6-7,10-11,13-14H,4-5,8-9,12H2,1-3H3,(H2,23,24,25,27)/t13-,14-/m0/s1. The fourth-order valence-electron chi connectivity index (χ4n) is 3.54. The number of rotatable bonds is 4. The lowest BCUT2D eigenvalue weighted by Gasteiger charge is -2.28. The molecule has 3 rings (SSSR count). The Hall–Kier alpha value is -2.48. The van der Waals surface area contributed by atoms with Crippen LogP contribution in [-0.4, -0.2) is 35.0 Å². The molecule has 1 aliphatic carbocycles. The summed E-state index contributed by atoms with van der Waals surface area (Å²) in [5.74, 6) is -1.37. The zero-order chi connectivity index (χ0) is 21.0. The molecule has 0 bridgehead atoms. The molecule has 1 aromatic heterocycles. The van der Waals surface area contributed by atoms with E-state index < -0.39 is 30.1 Å². The highest BCUT2D eigenvalue weighted by Gasteiger charge is 2.35. The monoisotopic (exact) mass is 417 g/mol. The Labute approximate surface area is 174 Å². The molecule has 2 atom stereocenters. The summed E-state index contributed by atoms with van der Waals surface area (Å²) in [5, 5.41) is 5.75. The summed E-state index contributed by atoms with van der Waals surface area (Å²) in [4.78, 5) is 41.1. The second-order valence-electron chi connectivity index (χ2n) is 8.38. The van der Waals surface area contributed by atoms with Crippen LogP contribution in [0.25, 0.3) is 10.2 Å². The fourth-order valence-corrected chi connectivity index (χ4v) is 4.70. The summed E-state index contributed by atoms with van der Waals surface area (Å²) in [6, 6.07) is 7.32. The number of urea groups is 1. The Morgan fingerprint density at radius 1 is 1.17 bits per heavy atom. The molecular formula is C21H27N3O4S. The van der Waals surface area contributed by atoms with Gasteiger partial charge in [0.05, 0.1) is 21.1 Å². The summed E-state index contributed by atoms with van der Waals surface area (Å²) in [6.45, 7) is 4.95. The van der Waals surface area contributed by atoms with Crippen molar-refractivity contribution in [3.05, 3.63) is 29.3 Å². The Morgan fingerprint density at radius 3 is 2.62 bits per heavy atom. The molecule has 0 radical (unpaired) electrons. The first-order valence-corrected chi connectivity index (χ1v) is 10.7. The normalized spacial score (nSPS) is 19.6. The molecule has 1 aliphatic rings. The molecule has 7 nitrogen and oxygen atoms in total. The van der Waals surface area contributed by atoms with Gasteiger partial charge in [-0.1, -0.05) is 25.0 Å². The third kappa shape index (κ3) is 5.76. The Kier molecular flexibility index (Phi) is 6.52. The van der Waals surface area contributed by atoms with Gasteiger partial charge in [-0.2, -0.15) is 0 Å². The number of nitrogens with one attached hydrogen (secondary N) is 2. The average Bonchev–Trinajstić information content (AvgIpc) is 3.08. The van der Waals surface area contributed by atoms with Gasteiger partial charge in [0.2, 0.25) is 0 Å². The molecule has 0 spiro atoms. The lowest BCUT2D eigenvalue weighted by Crippen LogP contribution is -2.49. The molecule has 29 heavy (non-hydrogen) atoms. The van der Waals surface area contributed by atoms with E-state index in [0.29, 0.717) is 6.42 Å². The number of imide groups is 1. The van der Waals surface area contributed by atoms with E-state index in [4.69, 9.17) is 9.72 Å². The van der Waals surface area contributed by atoms with Crippen molar-refractivity contribution in [3.8, 4) is 0 Å². The average molecular weight is 418 g/mol. The first kappa shape index (κ1) is 21.2. The van der Waals surface area contributed by atoms with Gasteiger partial charge in [-0.25, -0.2) is 9.78 Å². The second kappa shape index (κ2) is 8.90. The van der Waals surface area contributed by atoms with Crippen LogP contribution < -0.4 is 10.6 Å². The SMILES string of the molecule is CC(C)(C)NC(=O)NC(=O)COC(=O)[C@H]1CCCC[C@@H]1c1nc2ccccc2s1. The van der Waals surface area contributed by atoms with Crippen molar-refractivity contribution in [1.82, 2.24) is 15.6 Å². The lowest BCUT2D eigenvalue weighted by atomic mass is 9.79. The van der Waals surface area contributed by atoms with Gasteiger partial charge in [-0.05, 0) is 45.7 Å². The molecule has 156 valence electrons. The van der Waals surface area contributed by atoms with E-state index >= 15 is 0 Å². The number of carbonyl (C=O) groups excluding carboxylic acids is 3. The van der Waals surface area contributed by atoms with E-state index in [1.165, 1.54) is 0 Å². The Balaban J connectivity index is 1.59.